The fourth-order valence-corrected chi connectivity index (χ4v) is 2.65. The van der Waals surface area contributed by atoms with Crippen LogP contribution in [0, 0.1) is 13.8 Å². The van der Waals surface area contributed by atoms with Crippen molar-refractivity contribution in [2.75, 3.05) is 10.6 Å². The van der Waals surface area contributed by atoms with Crippen LogP contribution in [0.2, 0.25) is 0 Å². The standard InChI is InChI=1S/C21H22N4O/c1-4-16-7-5-6-8-18(16)24-20(26)17-12-22-21(23-13-17)25-19-11-14(2)9-10-15(19)3/h5-13H,4H2,1-3H3,(H,24,26)(H,22,23,25). The van der Waals surface area contributed by atoms with E-state index in [0.717, 1.165) is 34.5 Å². The number of benzene rings is 2. The molecule has 1 aromatic heterocycles. The van der Waals surface area contributed by atoms with Crippen LogP contribution in [0.15, 0.2) is 54.9 Å². The first-order valence-corrected chi connectivity index (χ1v) is 8.62. The van der Waals surface area contributed by atoms with Crippen molar-refractivity contribution < 1.29 is 4.79 Å². The number of nitrogens with zero attached hydrogens (tertiary/aromatic N) is 2. The van der Waals surface area contributed by atoms with E-state index in [2.05, 4.69) is 33.6 Å². The average Bonchev–Trinajstić information content (AvgIpc) is 2.65. The maximum atomic E-state index is 12.4. The zero-order valence-corrected chi connectivity index (χ0v) is 15.2. The highest BCUT2D eigenvalue weighted by Crippen LogP contribution is 2.20. The third kappa shape index (κ3) is 4.06. The van der Waals surface area contributed by atoms with Crippen LogP contribution < -0.4 is 10.6 Å². The van der Waals surface area contributed by atoms with Gasteiger partial charge in [0.15, 0.2) is 0 Å². The number of aromatic nitrogens is 2. The number of amides is 1. The molecule has 0 fully saturated rings. The van der Waals surface area contributed by atoms with Gasteiger partial charge in [0.05, 0.1) is 5.56 Å². The van der Waals surface area contributed by atoms with Gasteiger partial charge in [-0.1, -0.05) is 37.3 Å². The van der Waals surface area contributed by atoms with Crippen molar-refractivity contribution in [1.29, 1.82) is 0 Å². The minimum absolute atomic E-state index is 0.218. The Bertz CT molecular complexity index is 920. The summed E-state index contributed by atoms with van der Waals surface area (Å²) < 4.78 is 0. The van der Waals surface area contributed by atoms with Crippen molar-refractivity contribution in [3.05, 3.63) is 77.1 Å². The van der Waals surface area contributed by atoms with Gasteiger partial charge in [-0.05, 0) is 49.1 Å². The first kappa shape index (κ1) is 17.6. The summed E-state index contributed by atoms with van der Waals surface area (Å²) in [5, 5.41) is 6.12. The van der Waals surface area contributed by atoms with Gasteiger partial charge in [0.25, 0.3) is 5.91 Å². The SMILES string of the molecule is CCc1ccccc1NC(=O)c1cnc(Nc2cc(C)ccc2C)nc1. The Labute approximate surface area is 153 Å². The van der Waals surface area contributed by atoms with Gasteiger partial charge in [-0.25, -0.2) is 9.97 Å². The van der Waals surface area contributed by atoms with E-state index in [-0.39, 0.29) is 5.91 Å². The number of carbonyl (C=O) groups excluding carboxylic acids is 1. The number of nitrogens with one attached hydrogen (secondary N) is 2. The van der Waals surface area contributed by atoms with E-state index in [1.165, 1.54) is 12.4 Å². The lowest BCUT2D eigenvalue weighted by Crippen LogP contribution is -2.14. The summed E-state index contributed by atoms with van der Waals surface area (Å²) in [5.74, 6) is 0.244. The number of anilines is 3. The van der Waals surface area contributed by atoms with Gasteiger partial charge in [-0.2, -0.15) is 0 Å². The Morgan fingerprint density at radius 3 is 2.46 bits per heavy atom. The lowest BCUT2D eigenvalue weighted by molar-refractivity contribution is 0.102. The molecular formula is C21H22N4O. The molecule has 0 bridgehead atoms. The number of hydrogen-bond donors (Lipinski definition) is 2. The van der Waals surface area contributed by atoms with Gasteiger partial charge in [-0.3, -0.25) is 4.79 Å². The van der Waals surface area contributed by atoms with Crippen molar-refractivity contribution in [3.8, 4) is 0 Å². The minimum atomic E-state index is -0.218. The molecule has 26 heavy (non-hydrogen) atoms. The van der Waals surface area contributed by atoms with E-state index in [0.29, 0.717) is 11.5 Å². The van der Waals surface area contributed by atoms with E-state index in [1.54, 1.807) is 0 Å². The van der Waals surface area contributed by atoms with Crippen LogP contribution in [0.3, 0.4) is 0 Å². The third-order valence-electron chi connectivity index (χ3n) is 4.20. The molecule has 2 aromatic carbocycles. The van der Waals surface area contributed by atoms with Crippen LogP contribution >= 0.6 is 0 Å². The Hall–Kier alpha value is -3.21. The molecule has 0 aliphatic carbocycles. The zero-order chi connectivity index (χ0) is 18.5. The van der Waals surface area contributed by atoms with Crippen LogP contribution in [0.5, 0.6) is 0 Å². The van der Waals surface area contributed by atoms with E-state index in [4.69, 9.17) is 0 Å². The van der Waals surface area contributed by atoms with Crippen molar-refractivity contribution in [2.24, 2.45) is 0 Å². The molecule has 3 rings (SSSR count). The third-order valence-corrected chi connectivity index (χ3v) is 4.20. The highest BCUT2D eigenvalue weighted by Gasteiger charge is 2.10. The molecular weight excluding hydrogens is 324 g/mol. The Morgan fingerprint density at radius 2 is 1.73 bits per heavy atom. The molecule has 1 heterocycles. The molecule has 0 saturated carbocycles. The molecule has 2 N–H and O–H groups in total. The molecule has 0 radical (unpaired) electrons. The summed E-state index contributed by atoms with van der Waals surface area (Å²) in [6.45, 7) is 6.11. The topological polar surface area (TPSA) is 66.9 Å². The monoisotopic (exact) mass is 346 g/mol. The summed E-state index contributed by atoms with van der Waals surface area (Å²) in [6, 6.07) is 13.9. The fourth-order valence-electron chi connectivity index (χ4n) is 2.65. The van der Waals surface area contributed by atoms with Crippen LogP contribution in [-0.2, 0) is 6.42 Å². The Morgan fingerprint density at radius 1 is 1.00 bits per heavy atom. The molecule has 5 nitrogen and oxygen atoms in total. The largest absolute Gasteiger partial charge is 0.324 e. The zero-order valence-electron chi connectivity index (χ0n) is 15.2. The number of rotatable bonds is 5. The Balaban J connectivity index is 1.73. The Kier molecular flexibility index (Phi) is 5.27. The first-order valence-electron chi connectivity index (χ1n) is 8.62. The van der Waals surface area contributed by atoms with E-state index in [9.17, 15) is 4.79 Å². The van der Waals surface area contributed by atoms with E-state index >= 15 is 0 Å². The second-order valence-electron chi connectivity index (χ2n) is 6.20. The summed E-state index contributed by atoms with van der Waals surface area (Å²) >= 11 is 0. The van der Waals surface area contributed by atoms with Gasteiger partial charge in [0.1, 0.15) is 0 Å². The molecule has 0 unspecified atom stereocenters. The number of para-hydroxylation sites is 1. The first-order chi connectivity index (χ1) is 12.6. The quantitative estimate of drug-likeness (QED) is 0.705. The highest BCUT2D eigenvalue weighted by molar-refractivity contribution is 6.04. The van der Waals surface area contributed by atoms with Crippen molar-refractivity contribution >= 4 is 23.2 Å². The van der Waals surface area contributed by atoms with E-state index < -0.39 is 0 Å². The molecule has 0 saturated heterocycles. The fraction of sp³-hybridized carbons (Fsp3) is 0.190. The summed E-state index contributed by atoms with van der Waals surface area (Å²) in [4.78, 5) is 21.0. The van der Waals surface area contributed by atoms with E-state index in [1.807, 2.05) is 50.2 Å². The molecule has 0 aliphatic rings. The van der Waals surface area contributed by atoms with Crippen LogP contribution in [-0.4, -0.2) is 15.9 Å². The predicted octanol–water partition coefficient (Wildman–Crippen LogP) is 4.65. The second kappa shape index (κ2) is 7.78. The van der Waals surface area contributed by atoms with Crippen molar-refractivity contribution in [3.63, 3.8) is 0 Å². The molecule has 5 heteroatoms. The van der Waals surface area contributed by atoms with Crippen molar-refractivity contribution in [1.82, 2.24) is 9.97 Å². The molecule has 0 aliphatic heterocycles. The van der Waals surface area contributed by atoms with Gasteiger partial charge in [0.2, 0.25) is 5.95 Å². The van der Waals surface area contributed by atoms with Gasteiger partial charge in [-0.15, -0.1) is 0 Å². The number of carbonyl (C=O) groups is 1. The molecule has 1 amide bonds. The lowest BCUT2D eigenvalue weighted by Gasteiger charge is -2.11. The normalized spacial score (nSPS) is 10.4. The van der Waals surface area contributed by atoms with Gasteiger partial charge < -0.3 is 10.6 Å². The average molecular weight is 346 g/mol. The molecule has 0 spiro atoms. The second-order valence-corrected chi connectivity index (χ2v) is 6.20. The maximum absolute atomic E-state index is 12.4. The van der Waals surface area contributed by atoms with Gasteiger partial charge >= 0.3 is 0 Å². The number of aryl methyl sites for hydroxylation is 3. The smallest absolute Gasteiger partial charge is 0.258 e. The molecule has 132 valence electrons. The van der Waals surface area contributed by atoms with Crippen molar-refractivity contribution in [2.45, 2.75) is 27.2 Å². The van der Waals surface area contributed by atoms with Crippen LogP contribution in [0.1, 0.15) is 34.0 Å². The minimum Gasteiger partial charge on any atom is -0.324 e. The van der Waals surface area contributed by atoms with Gasteiger partial charge in [0, 0.05) is 23.8 Å². The van der Waals surface area contributed by atoms with Crippen LogP contribution in [0.4, 0.5) is 17.3 Å². The predicted molar refractivity (Wildman–Crippen MR) is 105 cm³/mol. The highest BCUT2D eigenvalue weighted by atomic mass is 16.1. The molecule has 0 atom stereocenters. The number of hydrogen-bond acceptors (Lipinski definition) is 4. The summed E-state index contributed by atoms with van der Waals surface area (Å²) in [6.07, 6.45) is 3.92. The molecule has 3 aromatic rings. The maximum Gasteiger partial charge on any atom is 0.258 e. The van der Waals surface area contributed by atoms with Crippen LogP contribution in [0.25, 0.3) is 0 Å². The summed E-state index contributed by atoms with van der Waals surface area (Å²) in [7, 11) is 0. The summed E-state index contributed by atoms with van der Waals surface area (Å²) in [5.41, 5.74) is 5.55. The lowest BCUT2D eigenvalue weighted by atomic mass is 10.1.